The van der Waals surface area contributed by atoms with E-state index in [4.69, 9.17) is 14.2 Å². The van der Waals surface area contributed by atoms with E-state index in [1.807, 2.05) is 50.2 Å². The average molecular weight is 599 g/mol. The first-order chi connectivity index (χ1) is 21.3. The molecule has 2 unspecified atom stereocenters. The second-order valence-corrected chi connectivity index (χ2v) is 11.4. The van der Waals surface area contributed by atoms with E-state index in [1.54, 1.807) is 35.2 Å². The van der Waals surface area contributed by atoms with Crippen molar-refractivity contribution in [2.24, 2.45) is 0 Å². The zero-order chi connectivity index (χ0) is 31.2. The minimum Gasteiger partial charge on any atom is -0.872 e. The number of amides is 1. The van der Waals surface area contributed by atoms with Gasteiger partial charge in [-0.25, -0.2) is 0 Å². The molecule has 2 aliphatic heterocycles. The number of hydrogen-bond donors (Lipinski definition) is 1. The topological polar surface area (TPSA) is 92.6 Å². The van der Waals surface area contributed by atoms with Crippen LogP contribution in [0.5, 0.6) is 17.2 Å². The zero-order valence-corrected chi connectivity index (χ0v) is 26.1. The van der Waals surface area contributed by atoms with E-state index in [0.29, 0.717) is 55.2 Å². The maximum atomic E-state index is 14.1. The van der Waals surface area contributed by atoms with Gasteiger partial charge in [0.15, 0.2) is 11.5 Å². The largest absolute Gasteiger partial charge is 0.872 e. The molecule has 2 aliphatic rings. The van der Waals surface area contributed by atoms with Crippen molar-refractivity contribution >= 4 is 17.4 Å². The molecule has 1 N–H and O–H groups in total. The molecule has 0 aliphatic carbocycles. The predicted octanol–water partition coefficient (Wildman–Crippen LogP) is 3.53. The van der Waals surface area contributed by atoms with Gasteiger partial charge in [-0.1, -0.05) is 48.2 Å². The van der Waals surface area contributed by atoms with Gasteiger partial charge in [0, 0.05) is 25.0 Å². The number of ether oxygens (including phenoxy) is 3. The lowest BCUT2D eigenvalue weighted by molar-refractivity contribution is -0.896. The third-order valence-electron chi connectivity index (χ3n) is 8.44. The summed E-state index contributed by atoms with van der Waals surface area (Å²) in [6, 6.07) is 19.7. The molecule has 0 spiro atoms. The fraction of sp³-hybridized carbons (Fsp3) is 0.389. The van der Waals surface area contributed by atoms with Gasteiger partial charge in [-0.2, -0.15) is 0 Å². The Morgan fingerprint density at radius 3 is 2.48 bits per heavy atom. The number of benzene rings is 3. The molecule has 232 valence electrons. The summed E-state index contributed by atoms with van der Waals surface area (Å²) in [6.07, 6.45) is 1.41. The van der Waals surface area contributed by atoms with E-state index in [9.17, 15) is 14.7 Å². The lowest BCUT2D eigenvalue weighted by atomic mass is 9.94. The molecule has 0 saturated carbocycles. The Kier molecular flexibility index (Phi) is 9.90. The van der Waals surface area contributed by atoms with Crippen molar-refractivity contribution in [3.8, 4) is 17.2 Å². The van der Waals surface area contributed by atoms with Crippen LogP contribution in [0.4, 0.5) is 0 Å². The first-order valence-corrected chi connectivity index (χ1v) is 15.7. The van der Waals surface area contributed by atoms with Crippen LogP contribution in [0.2, 0.25) is 0 Å². The molecular weight excluding hydrogens is 556 g/mol. The Morgan fingerprint density at radius 1 is 0.977 bits per heavy atom. The third-order valence-corrected chi connectivity index (χ3v) is 8.44. The minimum absolute atomic E-state index is 0.0217. The van der Waals surface area contributed by atoms with E-state index >= 15 is 0 Å². The molecule has 2 heterocycles. The van der Waals surface area contributed by atoms with Gasteiger partial charge in [-0.05, 0) is 74.2 Å². The summed E-state index contributed by atoms with van der Waals surface area (Å²) in [5.74, 6) is -0.0356. The van der Waals surface area contributed by atoms with Crippen LogP contribution >= 0.6 is 0 Å². The predicted molar refractivity (Wildman–Crippen MR) is 167 cm³/mol. The Morgan fingerprint density at radius 2 is 1.75 bits per heavy atom. The van der Waals surface area contributed by atoms with Crippen molar-refractivity contribution in [1.29, 1.82) is 0 Å². The van der Waals surface area contributed by atoms with Crippen molar-refractivity contribution < 1.29 is 33.8 Å². The van der Waals surface area contributed by atoms with Crippen LogP contribution in [0.25, 0.3) is 5.76 Å². The summed E-state index contributed by atoms with van der Waals surface area (Å²) in [6.45, 7) is 12.1. The van der Waals surface area contributed by atoms with Crippen LogP contribution in [0.3, 0.4) is 0 Å². The van der Waals surface area contributed by atoms with Gasteiger partial charge in [0.05, 0.1) is 32.3 Å². The van der Waals surface area contributed by atoms with Gasteiger partial charge in [0.2, 0.25) is 5.78 Å². The molecule has 5 rings (SSSR count). The maximum absolute atomic E-state index is 14.1. The molecule has 1 amide bonds. The molecule has 44 heavy (non-hydrogen) atoms. The van der Waals surface area contributed by atoms with E-state index in [-0.39, 0.29) is 11.7 Å². The lowest BCUT2D eigenvalue weighted by Crippen LogP contribution is -3.11. The highest BCUT2D eigenvalue weighted by molar-refractivity contribution is 6.46. The van der Waals surface area contributed by atoms with Crippen LogP contribution in [-0.4, -0.2) is 55.5 Å². The Balaban J connectivity index is 1.53. The lowest BCUT2D eigenvalue weighted by Gasteiger charge is -2.28. The second kappa shape index (κ2) is 14.0. The average Bonchev–Trinajstić information content (AvgIpc) is 3.53. The summed E-state index contributed by atoms with van der Waals surface area (Å²) in [7, 11) is 0. The van der Waals surface area contributed by atoms with E-state index < -0.39 is 23.5 Å². The number of likely N-dealkylation sites (tertiary alicyclic amines) is 1. The number of quaternary nitrogens is 1. The highest BCUT2D eigenvalue weighted by atomic mass is 16.5. The first kappa shape index (κ1) is 31.1. The standard InChI is InChI=1S/C36H42N2O6/c1-5-37(6-2)18-11-19-38-33(26-14-17-30(31(22-26)42-7-3)43-23-25-12-9-8-10-13-25)32(35(40)36(38)41)34(39)27-15-16-29-28(21-27)20-24(4)44-29/h8-10,12-17,21-22,24,33,39H,5-7,11,18-20,23H2,1-4H3. The third kappa shape index (κ3) is 6.60. The van der Waals surface area contributed by atoms with E-state index in [2.05, 4.69) is 13.8 Å². The SMILES string of the molecule is CCOc1cc(C2C(=C([O-])c3ccc4c(c3)CC(C)O4)C(=O)C(=O)N2CCC[NH+](CC)CC)ccc1OCc1ccccc1. The highest BCUT2D eigenvalue weighted by Crippen LogP contribution is 2.42. The number of hydrogen-bond acceptors (Lipinski definition) is 6. The van der Waals surface area contributed by atoms with Crippen LogP contribution in [0.1, 0.15) is 62.4 Å². The first-order valence-electron chi connectivity index (χ1n) is 15.7. The van der Waals surface area contributed by atoms with Crippen molar-refractivity contribution in [2.75, 3.05) is 32.8 Å². The molecule has 0 aromatic heterocycles. The molecule has 1 saturated heterocycles. The second-order valence-electron chi connectivity index (χ2n) is 11.4. The molecule has 0 radical (unpaired) electrons. The maximum Gasteiger partial charge on any atom is 0.295 e. The number of Topliss-reactive ketones (excluding diaryl/α,β-unsaturated/α-hetero) is 1. The van der Waals surface area contributed by atoms with Gasteiger partial charge in [-0.15, -0.1) is 0 Å². The normalized spacial score (nSPS) is 18.9. The number of carbonyl (C=O) groups excluding carboxylic acids is 2. The smallest absolute Gasteiger partial charge is 0.295 e. The number of carbonyl (C=O) groups is 2. The summed E-state index contributed by atoms with van der Waals surface area (Å²) in [5.41, 5.74) is 2.93. The summed E-state index contributed by atoms with van der Waals surface area (Å²) in [5, 5.41) is 14.1. The molecule has 0 bridgehead atoms. The number of nitrogens with zero attached hydrogens (tertiary/aromatic N) is 1. The van der Waals surface area contributed by atoms with Gasteiger partial charge in [0.1, 0.15) is 18.5 Å². The monoisotopic (exact) mass is 598 g/mol. The van der Waals surface area contributed by atoms with Crippen LogP contribution < -0.4 is 24.2 Å². The van der Waals surface area contributed by atoms with Crippen LogP contribution in [0, 0.1) is 0 Å². The van der Waals surface area contributed by atoms with Crippen LogP contribution in [-0.2, 0) is 22.6 Å². The van der Waals surface area contributed by atoms with Gasteiger partial charge in [-0.3, -0.25) is 9.59 Å². The fourth-order valence-electron chi connectivity index (χ4n) is 6.09. The molecule has 1 fully saturated rings. The minimum atomic E-state index is -0.833. The molecule has 3 aromatic carbocycles. The van der Waals surface area contributed by atoms with Crippen molar-refractivity contribution in [3.63, 3.8) is 0 Å². The van der Waals surface area contributed by atoms with Crippen molar-refractivity contribution in [1.82, 2.24) is 4.90 Å². The summed E-state index contributed by atoms with van der Waals surface area (Å²) in [4.78, 5) is 30.1. The highest BCUT2D eigenvalue weighted by Gasteiger charge is 2.44. The number of rotatable bonds is 13. The molecule has 8 heteroatoms. The van der Waals surface area contributed by atoms with Crippen molar-refractivity contribution in [3.05, 3.63) is 94.6 Å². The van der Waals surface area contributed by atoms with Crippen molar-refractivity contribution in [2.45, 2.75) is 59.3 Å². The van der Waals surface area contributed by atoms with Gasteiger partial charge < -0.3 is 29.1 Å². The Bertz CT molecular complexity index is 1510. The quantitative estimate of drug-likeness (QED) is 0.184. The molecule has 8 nitrogen and oxygen atoms in total. The number of nitrogens with one attached hydrogen (secondary N) is 1. The van der Waals surface area contributed by atoms with Crippen LogP contribution in [0.15, 0.2) is 72.3 Å². The summed E-state index contributed by atoms with van der Waals surface area (Å²) >= 11 is 0. The Labute approximate surface area is 259 Å². The fourth-order valence-corrected chi connectivity index (χ4v) is 6.09. The molecule has 2 atom stereocenters. The van der Waals surface area contributed by atoms with Gasteiger partial charge in [0.25, 0.3) is 5.91 Å². The zero-order valence-electron chi connectivity index (χ0n) is 26.1. The molecule has 3 aromatic rings. The number of fused-ring (bicyclic) bond motifs is 1. The molecular formula is C36H42N2O6. The van der Waals surface area contributed by atoms with E-state index in [0.717, 1.165) is 36.5 Å². The van der Waals surface area contributed by atoms with E-state index in [1.165, 1.54) is 4.90 Å². The van der Waals surface area contributed by atoms with Gasteiger partial charge >= 0.3 is 0 Å². The number of ketones is 1. The Hall–Kier alpha value is -4.30. The summed E-state index contributed by atoms with van der Waals surface area (Å²) < 4.78 is 17.9.